The molecule has 0 aliphatic rings. The van der Waals surface area contributed by atoms with E-state index in [4.69, 9.17) is 5.73 Å². The lowest BCUT2D eigenvalue weighted by molar-refractivity contribution is 0.585. The van der Waals surface area contributed by atoms with E-state index < -0.39 is 10.0 Å². The number of sulfonamides is 1. The van der Waals surface area contributed by atoms with Crippen molar-refractivity contribution >= 4 is 15.7 Å². The highest BCUT2D eigenvalue weighted by Crippen LogP contribution is 2.19. The zero-order valence-corrected chi connectivity index (χ0v) is 11.1. The van der Waals surface area contributed by atoms with Crippen LogP contribution in [-0.2, 0) is 10.0 Å². The van der Waals surface area contributed by atoms with Crippen LogP contribution in [0.3, 0.4) is 0 Å². The fourth-order valence-electron chi connectivity index (χ4n) is 1.36. The van der Waals surface area contributed by atoms with Gasteiger partial charge in [-0.2, -0.15) is 0 Å². The first kappa shape index (κ1) is 13.7. The van der Waals surface area contributed by atoms with Crippen molar-refractivity contribution in [3.63, 3.8) is 0 Å². The van der Waals surface area contributed by atoms with Gasteiger partial charge >= 0.3 is 0 Å². The highest BCUT2D eigenvalue weighted by Gasteiger charge is 2.16. The van der Waals surface area contributed by atoms with Gasteiger partial charge in [-0.3, -0.25) is 0 Å². The molecular formula is C12H18N2O2S. The average Bonchev–Trinajstić information content (AvgIpc) is 2.21. The molecule has 5 heteroatoms. The Labute approximate surface area is 103 Å². The van der Waals surface area contributed by atoms with Gasteiger partial charge in [0.2, 0.25) is 10.0 Å². The lowest BCUT2D eigenvalue weighted by atomic mass is 10.2. The van der Waals surface area contributed by atoms with Crippen LogP contribution >= 0.6 is 0 Å². The normalized spacial score (nSPS) is 11.2. The number of anilines is 1. The van der Waals surface area contributed by atoms with E-state index in [-0.39, 0.29) is 4.90 Å². The maximum absolute atomic E-state index is 12.0. The number of hydrogen-bond acceptors (Lipinski definition) is 3. The first-order valence-corrected chi connectivity index (χ1v) is 6.81. The summed E-state index contributed by atoms with van der Waals surface area (Å²) in [7, 11) is -3.48. The third-order valence-electron chi connectivity index (χ3n) is 2.40. The van der Waals surface area contributed by atoms with Crippen molar-refractivity contribution in [3.8, 4) is 0 Å². The van der Waals surface area contributed by atoms with E-state index in [1.807, 2.05) is 19.9 Å². The minimum atomic E-state index is -3.48. The van der Waals surface area contributed by atoms with Crippen molar-refractivity contribution in [3.05, 3.63) is 35.4 Å². The van der Waals surface area contributed by atoms with Crippen molar-refractivity contribution < 1.29 is 8.42 Å². The monoisotopic (exact) mass is 254 g/mol. The van der Waals surface area contributed by atoms with Crippen molar-refractivity contribution in [2.45, 2.75) is 25.7 Å². The molecule has 3 N–H and O–H groups in total. The fourth-order valence-corrected chi connectivity index (χ4v) is 2.59. The highest BCUT2D eigenvalue weighted by atomic mass is 32.2. The topological polar surface area (TPSA) is 72.2 Å². The van der Waals surface area contributed by atoms with Gasteiger partial charge in [-0.05, 0) is 38.5 Å². The first-order chi connectivity index (χ1) is 7.84. The molecule has 0 heterocycles. The summed E-state index contributed by atoms with van der Waals surface area (Å²) < 4.78 is 26.5. The van der Waals surface area contributed by atoms with Crippen LogP contribution in [0, 0.1) is 6.92 Å². The summed E-state index contributed by atoms with van der Waals surface area (Å²) >= 11 is 0. The van der Waals surface area contributed by atoms with Crippen molar-refractivity contribution in [1.82, 2.24) is 4.72 Å². The standard InChI is InChI=1S/C12H18N2O2S/c1-9(2)7-8-14-17(15,16)12-6-4-5-11(13)10(12)3/h4-7,14H,8,13H2,1-3H3. The van der Waals surface area contributed by atoms with Gasteiger partial charge in [-0.25, -0.2) is 13.1 Å². The number of hydrogen-bond donors (Lipinski definition) is 2. The Morgan fingerprint density at radius 1 is 1.41 bits per heavy atom. The highest BCUT2D eigenvalue weighted by molar-refractivity contribution is 7.89. The van der Waals surface area contributed by atoms with Crippen LogP contribution in [0.2, 0.25) is 0 Å². The number of rotatable bonds is 4. The Hall–Kier alpha value is -1.33. The van der Waals surface area contributed by atoms with E-state index in [2.05, 4.69) is 4.72 Å². The molecular weight excluding hydrogens is 236 g/mol. The average molecular weight is 254 g/mol. The lowest BCUT2D eigenvalue weighted by Crippen LogP contribution is -2.24. The van der Waals surface area contributed by atoms with E-state index in [1.165, 1.54) is 0 Å². The molecule has 0 saturated heterocycles. The van der Waals surface area contributed by atoms with Gasteiger partial charge in [0.15, 0.2) is 0 Å². The summed E-state index contributed by atoms with van der Waals surface area (Å²) in [6.07, 6.45) is 1.82. The molecule has 0 aliphatic heterocycles. The Bertz CT molecular complexity index is 529. The van der Waals surface area contributed by atoms with E-state index >= 15 is 0 Å². The van der Waals surface area contributed by atoms with Gasteiger partial charge in [-0.1, -0.05) is 17.7 Å². The molecule has 0 bridgehead atoms. The largest absolute Gasteiger partial charge is 0.398 e. The van der Waals surface area contributed by atoms with Crippen molar-refractivity contribution in [2.75, 3.05) is 12.3 Å². The van der Waals surface area contributed by atoms with Crippen LogP contribution in [0.25, 0.3) is 0 Å². The predicted octanol–water partition coefficient (Wildman–Crippen LogP) is 1.82. The van der Waals surface area contributed by atoms with Crippen LogP contribution in [-0.4, -0.2) is 15.0 Å². The van der Waals surface area contributed by atoms with Gasteiger partial charge in [0.25, 0.3) is 0 Å². The Morgan fingerprint density at radius 3 is 2.65 bits per heavy atom. The van der Waals surface area contributed by atoms with E-state index in [9.17, 15) is 8.42 Å². The van der Waals surface area contributed by atoms with E-state index in [0.29, 0.717) is 17.8 Å². The molecule has 1 aromatic rings. The molecule has 0 fully saturated rings. The van der Waals surface area contributed by atoms with Crippen molar-refractivity contribution in [2.24, 2.45) is 0 Å². The van der Waals surface area contributed by atoms with Gasteiger partial charge in [-0.15, -0.1) is 0 Å². The fraction of sp³-hybridized carbons (Fsp3) is 0.333. The maximum atomic E-state index is 12.0. The summed E-state index contributed by atoms with van der Waals surface area (Å²) in [4.78, 5) is 0.236. The quantitative estimate of drug-likeness (QED) is 0.636. The summed E-state index contributed by atoms with van der Waals surface area (Å²) in [5, 5.41) is 0. The molecule has 0 aliphatic carbocycles. The molecule has 94 valence electrons. The molecule has 17 heavy (non-hydrogen) atoms. The number of benzene rings is 1. The smallest absolute Gasteiger partial charge is 0.241 e. The number of allylic oxidation sites excluding steroid dienone is 1. The zero-order chi connectivity index (χ0) is 13.1. The van der Waals surface area contributed by atoms with E-state index in [0.717, 1.165) is 5.57 Å². The van der Waals surface area contributed by atoms with Gasteiger partial charge in [0.05, 0.1) is 4.90 Å². The van der Waals surface area contributed by atoms with Crippen LogP contribution in [0.5, 0.6) is 0 Å². The summed E-state index contributed by atoms with van der Waals surface area (Å²) in [6, 6.07) is 4.87. The summed E-state index contributed by atoms with van der Waals surface area (Å²) in [5.74, 6) is 0. The second-order valence-corrected chi connectivity index (χ2v) is 5.84. The summed E-state index contributed by atoms with van der Waals surface area (Å²) in [5.41, 5.74) is 7.82. The Balaban J connectivity index is 2.98. The molecule has 4 nitrogen and oxygen atoms in total. The molecule has 1 rings (SSSR count). The van der Waals surface area contributed by atoms with Crippen LogP contribution in [0.4, 0.5) is 5.69 Å². The molecule has 1 aromatic carbocycles. The number of nitrogens with two attached hydrogens (primary N) is 1. The maximum Gasteiger partial charge on any atom is 0.241 e. The molecule has 0 spiro atoms. The van der Waals surface area contributed by atoms with Crippen LogP contribution in [0.1, 0.15) is 19.4 Å². The Morgan fingerprint density at radius 2 is 2.06 bits per heavy atom. The van der Waals surface area contributed by atoms with Crippen LogP contribution in [0.15, 0.2) is 34.7 Å². The molecule has 0 saturated carbocycles. The van der Waals surface area contributed by atoms with Gasteiger partial charge in [0, 0.05) is 12.2 Å². The predicted molar refractivity (Wildman–Crippen MR) is 70.2 cm³/mol. The third-order valence-corrected chi connectivity index (χ3v) is 3.97. The minimum Gasteiger partial charge on any atom is -0.398 e. The molecule has 0 aromatic heterocycles. The van der Waals surface area contributed by atoms with E-state index in [1.54, 1.807) is 25.1 Å². The first-order valence-electron chi connectivity index (χ1n) is 5.32. The molecule has 0 atom stereocenters. The van der Waals surface area contributed by atoms with Gasteiger partial charge in [0.1, 0.15) is 0 Å². The minimum absolute atomic E-state index is 0.236. The molecule has 0 unspecified atom stereocenters. The number of nitrogens with one attached hydrogen (secondary N) is 1. The second kappa shape index (κ2) is 5.33. The second-order valence-electron chi connectivity index (χ2n) is 4.10. The zero-order valence-electron chi connectivity index (χ0n) is 10.3. The molecule has 0 radical (unpaired) electrons. The number of nitrogen functional groups attached to an aromatic ring is 1. The van der Waals surface area contributed by atoms with Crippen LogP contribution < -0.4 is 10.5 Å². The molecule has 0 amide bonds. The van der Waals surface area contributed by atoms with Crippen molar-refractivity contribution in [1.29, 1.82) is 0 Å². The van der Waals surface area contributed by atoms with Gasteiger partial charge < -0.3 is 5.73 Å². The SMILES string of the molecule is CC(C)=CCNS(=O)(=O)c1cccc(N)c1C. The third kappa shape index (κ3) is 3.57. The lowest BCUT2D eigenvalue weighted by Gasteiger charge is -2.09. The Kier molecular flexibility index (Phi) is 4.31. The summed E-state index contributed by atoms with van der Waals surface area (Å²) in [6.45, 7) is 5.82.